The van der Waals surface area contributed by atoms with Gasteiger partial charge in [0.15, 0.2) is 5.69 Å². The zero-order chi connectivity index (χ0) is 16.6. The lowest BCUT2D eigenvalue weighted by atomic mass is 10.1. The van der Waals surface area contributed by atoms with Crippen LogP contribution in [0.4, 0.5) is 0 Å². The van der Waals surface area contributed by atoms with Gasteiger partial charge in [0.2, 0.25) is 0 Å². The normalized spacial score (nSPS) is 13.5. The molecule has 1 amide bonds. The predicted octanol–water partition coefficient (Wildman–Crippen LogP) is 1.43. The van der Waals surface area contributed by atoms with Gasteiger partial charge in [-0.25, -0.2) is 0 Å². The van der Waals surface area contributed by atoms with Crippen LogP contribution in [-0.2, 0) is 24.1 Å². The van der Waals surface area contributed by atoms with Gasteiger partial charge >= 0.3 is 0 Å². The molecule has 24 heavy (non-hydrogen) atoms. The summed E-state index contributed by atoms with van der Waals surface area (Å²) >= 11 is 0. The van der Waals surface area contributed by atoms with Gasteiger partial charge in [0.05, 0.1) is 6.61 Å². The number of amides is 1. The minimum absolute atomic E-state index is 0.111. The lowest BCUT2D eigenvalue weighted by Gasteiger charge is -2.12. The molecule has 1 aliphatic rings. The van der Waals surface area contributed by atoms with E-state index in [0.29, 0.717) is 32.0 Å². The van der Waals surface area contributed by atoms with Gasteiger partial charge in [-0.1, -0.05) is 30.3 Å². The van der Waals surface area contributed by atoms with Crippen LogP contribution in [0.5, 0.6) is 0 Å². The van der Waals surface area contributed by atoms with Crippen molar-refractivity contribution in [3.05, 3.63) is 52.8 Å². The van der Waals surface area contributed by atoms with E-state index in [1.54, 1.807) is 0 Å². The summed E-state index contributed by atoms with van der Waals surface area (Å²) in [6, 6.07) is 10.3. The topological polar surface area (TPSA) is 79.0 Å². The average molecular weight is 328 g/mol. The van der Waals surface area contributed by atoms with Crippen LogP contribution in [0, 0.1) is 0 Å². The Morgan fingerprint density at radius 3 is 3.00 bits per heavy atom. The number of H-pyrrole nitrogens is 1. The summed E-state index contributed by atoms with van der Waals surface area (Å²) in [4.78, 5) is 12.2. The van der Waals surface area contributed by atoms with Crippen LogP contribution in [0.1, 0.15) is 33.7 Å². The maximum Gasteiger partial charge on any atom is 0.272 e. The molecule has 3 rings (SSSR count). The van der Waals surface area contributed by atoms with Crippen LogP contribution in [0.3, 0.4) is 0 Å². The Bertz CT molecular complexity index is 654. The van der Waals surface area contributed by atoms with Gasteiger partial charge in [0, 0.05) is 43.9 Å². The molecular formula is C18H24N4O2. The number of hydrogen-bond acceptors (Lipinski definition) is 4. The number of carbonyl (C=O) groups is 1. The van der Waals surface area contributed by atoms with Crippen molar-refractivity contribution >= 4 is 5.91 Å². The van der Waals surface area contributed by atoms with Crippen molar-refractivity contribution in [2.24, 2.45) is 0 Å². The van der Waals surface area contributed by atoms with Crippen LogP contribution in [0.2, 0.25) is 0 Å². The molecule has 0 fully saturated rings. The Hall–Kier alpha value is -2.18. The highest BCUT2D eigenvalue weighted by molar-refractivity contribution is 5.94. The zero-order valence-corrected chi connectivity index (χ0v) is 13.8. The van der Waals surface area contributed by atoms with Gasteiger partial charge in [-0.2, -0.15) is 5.10 Å². The van der Waals surface area contributed by atoms with E-state index in [-0.39, 0.29) is 5.91 Å². The third-order valence-corrected chi connectivity index (χ3v) is 4.15. The molecule has 128 valence electrons. The highest BCUT2D eigenvalue weighted by atomic mass is 16.5. The Labute approximate surface area is 142 Å². The largest absolute Gasteiger partial charge is 0.381 e. The summed E-state index contributed by atoms with van der Waals surface area (Å²) in [7, 11) is 0. The summed E-state index contributed by atoms with van der Waals surface area (Å²) < 4.78 is 5.62. The molecule has 2 heterocycles. The summed E-state index contributed by atoms with van der Waals surface area (Å²) in [5.74, 6) is -0.111. The Morgan fingerprint density at radius 2 is 2.12 bits per heavy atom. The van der Waals surface area contributed by atoms with E-state index in [2.05, 4.69) is 33.0 Å². The highest BCUT2D eigenvalue weighted by Gasteiger charge is 2.20. The number of benzene rings is 1. The Balaban J connectivity index is 1.31. The van der Waals surface area contributed by atoms with Crippen LogP contribution in [0.15, 0.2) is 30.3 Å². The zero-order valence-electron chi connectivity index (χ0n) is 13.8. The predicted molar refractivity (Wildman–Crippen MR) is 91.9 cm³/mol. The van der Waals surface area contributed by atoms with Crippen LogP contribution < -0.4 is 10.6 Å². The highest BCUT2D eigenvalue weighted by Crippen LogP contribution is 2.14. The van der Waals surface area contributed by atoms with Gasteiger partial charge in [-0.15, -0.1) is 0 Å². The third-order valence-electron chi connectivity index (χ3n) is 4.15. The van der Waals surface area contributed by atoms with Crippen molar-refractivity contribution in [3.8, 4) is 0 Å². The van der Waals surface area contributed by atoms with Crippen LogP contribution >= 0.6 is 0 Å². The van der Waals surface area contributed by atoms with Crippen molar-refractivity contribution in [3.63, 3.8) is 0 Å². The van der Waals surface area contributed by atoms with Crippen molar-refractivity contribution in [2.45, 2.75) is 25.8 Å². The van der Waals surface area contributed by atoms with E-state index in [0.717, 1.165) is 37.1 Å². The van der Waals surface area contributed by atoms with Crippen molar-refractivity contribution < 1.29 is 9.53 Å². The van der Waals surface area contributed by atoms with Gasteiger partial charge in [0.1, 0.15) is 0 Å². The second kappa shape index (κ2) is 8.61. The van der Waals surface area contributed by atoms with Crippen molar-refractivity contribution in [2.75, 3.05) is 26.3 Å². The van der Waals surface area contributed by atoms with E-state index in [1.807, 2.05) is 18.2 Å². The van der Waals surface area contributed by atoms with Gasteiger partial charge in [-0.05, 0) is 18.4 Å². The number of nitrogens with one attached hydrogen (secondary N) is 3. The summed E-state index contributed by atoms with van der Waals surface area (Å²) in [5.41, 5.74) is 3.87. The lowest BCUT2D eigenvalue weighted by molar-refractivity contribution is 0.0936. The maximum absolute atomic E-state index is 12.2. The van der Waals surface area contributed by atoms with Crippen molar-refractivity contribution in [1.82, 2.24) is 20.8 Å². The second-order valence-electron chi connectivity index (χ2n) is 5.91. The summed E-state index contributed by atoms with van der Waals surface area (Å²) in [5, 5.41) is 13.3. The third kappa shape index (κ3) is 4.43. The molecular weight excluding hydrogens is 304 g/mol. The van der Waals surface area contributed by atoms with E-state index < -0.39 is 0 Å². The molecule has 1 aliphatic heterocycles. The van der Waals surface area contributed by atoms with Crippen molar-refractivity contribution in [1.29, 1.82) is 0 Å². The molecule has 0 aliphatic carbocycles. The minimum Gasteiger partial charge on any atom is -0.381 e. The first-order chi connectivity index (χ1) is 11.8. The van der Waals surface area contributed by atoms with Gasteiger partial charge < -0.3 is 15.4 Å². The molecule has 6 heteroatoms. The number of aromatic nitrogens is 2. The fourth-order valence-electron chi connectivity index (χ4n) is 2.81. The molecule has 1 aromatic carbocycles. The Morgan fingerprint density at radius 1 is 1.25 bits per heavy atom. The fourth-order valence-corrected chi connectivity index (χ4v) is 2.81. The number of rotatable bonds is 8. The van der Waals surface area contributed by atoms with Crippen LogP contribution in [0.25, 0.3) is 0 Å². The molecule has 0 bridgehead atoms. The first kappa shape index (κ1) is 16.7. The molecule has 0 saturated heterocycles. The SMILES string of the molecule is O=C(NCCCOCCc1ccccc1)c1n[nH]c2c1CNCC2. The van der Waals surface area contributed by atoms with E-state index in [1.165, 1.54) is 5.56 Å². The number of hydrogen-bond donors (Lipinski definition) is 3. The quantitative estimate of drug-likeness (QED) is 0.641. The molecule has 3 N–H and O–H groups in total. The molecule has 2 aromatic rings. The van der Waals surface area contributed by atoms with Gasteiger partial charge in [0.25, 0.3) is 5.91 Å². The fraction of sp³-hybridized carbons (Fsp3) is 0.444. The Kier molecular flexibility index (Phi) is 5.98. The lowest BCUT2D eigenvalue weighted by Crippen LogP contribution is -2.29. The summed E-state index contributed by atoms with van der Waals surface area (Å²) in [6.45, 7) is 3.58. The molecule has 0 spiro atoms. The molecule has 0 radical (unpaired) electrons. The van der Waals surface area contributed by atoms with E-state index >= 15 is 0 Å². The number of nitrogens with zero attached hydrogens (tertiary/aromatic N) is 1. The smallest absolute Gasteiger partial charge is 0.272 e. The number of aromatic amines is 1. The number of ether oxygens (including phenoxy) is 1. The molecule has 1 aromatic heterocycles. The molecule has 0 unspecified atom stereocenters. The standard InChI is InChI=1S/C18H24N4O2/c23-18(17-15-13-19-10-7-16(15)21-22-17)20-9-4-11-24-12-8-14-5-2-1-3-6-14/h1-3,5-6,19H,4,7-13H2,(H,20,23)(H,21,22). The summed E-state index contributed by atoms with van der Waals surface area (Å²) in [6.07, 6.45) is 2.61. The molecule has 6 nitrogen and oxygen atoms in total. The number of carbonyl (C=O) groups excluding carboxylic acids is 1. The second-order valence-corrected chi connectivity index (χ2v) is 5.91. The average Bonchev–Trinajstić information content (AvgIpc) is 3.06. The monoisotopic (exact) mass is 328 g/mol. The maximum atomic E-state index is 12.2. The molecule has 0 atom stereocenters. The molecule has 0 saturated carbocycles. The first-order valence-corrected chi connectivity index (χ1v) is 8.51. The van der Waals surface area contributed by atoms with Crippen LogP contribution in [-0.4, -0.2) is 42.4 Å². The first-order valence-electron chi connectivity index (χ1n) is 8.51. The number of fused-ring (bicyclic) bond motifs is 1. The minimum atomic E-state index is -0.111. The van der Waals surface area contributed by atoms with Gasteiger partial charge in [-0.3, -0.25) is 9.89 Å². The van der Waals surface area contributed by atoms with E-state index in [4.69, 9.17) is 4.74 Å². The van der Waals surface area contributed by atoms with E-state index in [9.17, 15) is 4.79 Å².